The van der Waals surface area contributed by atoms with Crippen molar-refractivity contribution in [1.29, 1.82) is 0 Å². The normalized spacial score (nSPS) is 12.0. The Kier molecular flexibility index (Phi) is 3.59. The first kappa shape index (κ1) is 14.3. The average Bonchev–Trinajstić information content (AvgIpc) is 3.05. The molecule has 0 fully saturated rings. The number of nitrogens with one attached hydrogen (secondary N) is 2. The van der Waals surface area contributed by atoms with E-state index in [1.165, 1.54) is 0 Å². The van der Waals surface area contributed by atoms with Gasteiger partial charge in [-0.25, -0.2) is 0 Å². The molecule has 2 aromatic carbocycles. The molecule has 1 aromatic heterocycles. The maximum Gasteiger partial charge on any atom is 0.249 e. The van der Waals surface area contributed by atoms with Crippen LogP contribution in [0.4, 0.5) is 23.1 Å². The zero-order chi connectivity index (χ0) is 16.4. The molecule has 0 aliphatic carbocycles. The number of para-hydroxylation sites is 1. The first-order chi connectivity index (χ1) is 11.8. The molecule has 2 N–H and O–H groups in total. The van der Waals surface area contributed by atoms with Crippen LogP contribution in [0.2, 0.25) is 0 Å². The lowest BCUT2D eigenvalue weighted by Crippen LogP contribution is -2.03. The topological polar surface area (TPSA) is 81.2 Å². The van der Waals surface area contributed by atoms with Crippen molar-refractivity contribution in [2.45, 2.75) is 6.92 Å². The summed E-state index contributed by atoms with van der Waals surface area (Å²) in [6, 6.07) is 13.5. The third-order valence-electron chi connectivity index (χ3n) is 3.60. The number of aromatic nitrogens is 3. The maximum absolute atomic E-state index is 5.36. The zero-order valence-corrected chi connectivity index (χ0v) is 13.0. The number of aryl methyl sites for hydroxylation is 1. The second-order valence-electron chi connectivity index (χ2n) is 5.30. The van der Waals surface area contributed by atoms with Crippen molar-refractivity contribution < 1.29 is 9.47 Å². The predicted octanol–water partition coefficient (Wildman–Crippen LogP) is 3.40. The zero-order valence-electron chi connectivity index (χ0n) is 13.0. The van der Waals surface area contributed by atoms with E-state index in [0.717, 1.165) is 22.7 Å². The Labute approximate surface area is 138 Å². The Bertz CT molecular complexity index is 884. The molecule has 24 heavy (non-hydrogen) atoms. The summed E-state index contributed by atoms with van der Waals surface area (Å²) in [5.74, 6) is 2.44. The van der Waals surface area contributed by atoms with Gasteiger partial charge in [-0.1, -0.05) is 18.2 Å². The van der Waals surface area contributed by atoms with Crippen molar-refractivity contribution in [2.24, 2.45) is 0 Å². The van der Waals surface area contributed by atoms with Gasteiger partial charge in [0.1, 0.15) is 0 Å². The lowest BCUT2D eigenvalue weighted by Gasteiger charge is -2.09. The monoisotopic (exact) mass is 321 g/mol. The van der Waals surface area contributed by atoms with Crippen molar-refractivity contribution >= 4 is 23.1 Å². The number of anilines is 4. The molecule has 0 amide bonds. The van der Waals surface area contributed by atoms with Crippen LogP contribution in [0.1, 0.15) is 5.56 Å². The van der Waals surface area contributed by atoms with E-state index in [9.17, 15) is 0 Å². The van der Waals surface area contributed by atoms with Crippen LogP contribution in [0.25, 0.3) is 0 Å². The molecule has 0 atom stereocenters. The van der Waals surface area contributed by atoms with Gasteiger partial charge >= 0.3 is 0 Å². The van der Waals surface area contributed by atoms with Crippen LogP contribution in [0, 0.1) is 6.92 Å². The van der Waals surface area contributed by atoms with E-state index in [1.807, 2.05) is 49.4 Å². The number of fused-ring (bicyclic) bond motifs is 1. The Morgan fingerprint density at radius 1 is 1.00 bits per heavy atom. The minimum absolute atomic E-state index is 0.243. The molecular weight excluding hydrogens is 306 g/mol. The second-order valence-corrected chi connectivity index (χ2v) is 5.30. The van der Waals surface area contributed by atoms with E-state index < -0.39 is 0 Å². The van der Waals surface area contributed by atoms with Crippen LogP contribution in [0.5, 0.6) is 11.5 Å². The van der Waals surface area contributed by atoms with Crippen LogP contribution in [0.3, 0.4) is 0 Å². The van der Waals surface area contributed by atoms with Crippen molar-refractivity contribution in [2.75, 3.05) is 17.4 Å². The number of hydrogen-bond acceptors (Lipinski definition) is 7. The highest BCUT2D eigenvalue weighted by atomic mass is 16.7. The van der Waals surface area contributed by atoms with Gasteiger partial charge in [0.15, 0.2) is 17.3 Å². The number of nitrogens with zero attached hydrogens (tertiary/aromatic N) is 3. The standard InChI is InChI=1S/C17H15N5O2/c1-11-4-2-3-5-13(11)20-16-9-18-22-17(21-16)19-12-6-7-14-15(8-12)24-10-23-14/h2-9H,10H2,1H3,(H2,19,20,21,22). The fourth-order valence-electron chi connectivity index (χ4n) is 2.37. The number of hydrogen-bond donors (Lipinski definition) is 2. The summed E-state index contributed by atoms with van der Waals surface area (Å²) >= 11 is 0. The number of ether oxygens (including phenoxy) is 2. The summed E-state index contributed by atoms with van der Waals surface area (Å²) in [5, 5.41) is 14.3. The van der Waals surface area contributed by atoms with E-state index in [1.54, 1.807) is 6.20 Å². The molecule has 7 nitrogen and oxygen atoms in total. The van der Waals surface area contributed by atoms with Gasteiger partial charge in [-0.05, 0) is 30.7 Å². The SMILES string of the molecule is Cc1ccccc1Nc1cnnc(Nc2ccc3c(c2)OCO3)n1. The van der Waals surface area contributed by atoms with Gasteiger partial charge in [0, 0.05) is 17.4 Å². The molecule has 120 valence electrons. The summed E-state index contributed by atoms with van der Waals surface area (Å²) in [6.07, 6.45) is 1.58. The van der Waals surface area contributed by atoms with Crippen LogP contribution in [-0.2, 0) is 0 Å². The molecule has 1 aliphatic rings. The molecule has 0 saturated carbocycles. The summed E-state index contributed by atoms with van der Waals surface area (Å²) in [6.45, 7) is 2.27. The maximum atomic E-state index is 5.36. The smallest absolute Gasteiger partial charge is 0.249 e. The summed E-state index contributed by atoms with van der Waals surface area (Å²) in [4.78, 5) is 4.43. The summed E-state index contributed by atoms with van der Waals surface area (Å²) < 4.78 is 10.7. The van der Waals surface area contributed by atoms with Crippen molar-refractivity contribution in [3.8, 4) is 11.5 Å². The van der Waals surface area contributed by atoms with E-state index in [2.05, 4.69) is 25.8 Å². The van der Waals surface area contributed by atoms with E-state index in [4.69, 9.17) is 9.47 Å². The van der Waals surface area contributed by atoms with Crippen molar-refractivity contribution in [3.05, 3.63) is 54.2 Å². The summed E-state index contributed by atoms with van der Waals surface area (Å²) in [5.41, 5.74) is 2.91. The molecule has 0 unspecified atom stereocenters. The molecule has 0 bridgehead atoms. The van der Waals surface area contributed by atoms with Crippen LogP contribution in [0.15, 0.2) is 48.7 Å². The van der Waals surface area contributed by atoms with E-state index >= 15 is 0 Å². The lowest BCUT2D eigenvalue weighted by molar-refractivity contribution is 0.174. The fraction of sp³-hybridized carbons (Fsp3) is 0.118. The van der Waals surface area contributed by atoms with Gasteiger partial charge in [-0.15, -0.1) is 5.10 Å². The number of benzene rings is 2. The van der Waals surface area contributed by atoms with Gasteiger partial charge in [0.2, 0.25) is 12.7 Å². The number of rotatable bonds is 4. The van der Waals surface area contributed by atoms with Gasteiger partial charge in [-0.3, -0.25) is 0 Å². The Morgan fingerprint density at radius 2 is 1.88 bits per heavy atom. The molecular formula is C17H15N5O2. The Hall–Kier alpha value is -3.35. The van der Waals surface area contributed by atoms with Crippen LogP contribution >= 0.6 is 0 Å². The summed E-state index contributed by atoms with van der Waals surface area (Å²) in [7, 11) is 0. The second kappa shape index (κ2) is 6.04. The average molecular weight is 321 g/mol. The van der Waals surface area contributed by atoms with Gasteiger partial charge in [0.05, 0.1) is 6.20 Å². The fourth-order valence-corrected chi connectivity index (χ4v) is 2.37. The van der Waals surface area contributed by atoms with Gasteiger partial charge in [-0.2, -0.15) is 10.1 Å². The predicted molar refractivity (Wildman–Crippen MR) is 90.1 cm³/mol. The van der Waals surface area contributed by atoms with Gasteiger partial charge in [0.25, 0.3) is 0 Å². The van der Waals surface area contributed by atoms with Crippen LogP contribution in [-0.4, -0.2) is 22.0 Å². The van der Waals surface area contributed by atoms with E-state index in [-0.39, 0.29) is 6.79 Å². The van der Waals surface area contributed by atoms with E-state index in [0.29, 0.717) is 17.5 Å². The lowest BCUT2D eigenvalue weighted by atomic mass is 10.2. The molecule has 2 heterocycles. The quantitative estimate of drug-likeness (QED) is 0.762. The Morgan fingerprint density at radius 3 is 2.79 bits per heavy atom. The first-order valence-corrected chi connectivity index (χ1v) is 7.47. The highest BCUT2D eigenvalue weighted by Crippen LogP contribution is 2.34. The first-order valence-electron chi connectivity index (χ1n) is 7.47. The molecule has 3 aromatic rings. The minimum atomic E-state index is 0.243. The third kappa shape index (κ3) is 2.91. The van der Waals surface area contributed by atoms with Crippen molar-refractivity contribution in [3.63, 3.8) is 0 Å². The van der Waals surface area contributed by atoms with Gasteiger partial charge < -0.3 is 20.1 Å². The minimum Gasteiger partial charge on any atom is -0.454 e. The highest BCUT2D eigenvalue weighted by molar-refractivity contribution is 5.63. The van der Waals surface area contributed by atoms with Crippen LogP contribution < -0.4 is 20.1 Å². The molecule has 1 aliphatic heterocycles. The molecule has 0 radical (unpaired) electrons. The molecule has 0 spiro atoms. The molecule has 4 rings (SSSR count). The molecule has 0 saturated heterocycles. The third-order valence-corrected chi connectivity index (χ3v) is 3.60. The Balaban J connectivity index is 1.53. The molecule has 7 heteroatoms. The largest absolute Gasteiger partial charge is 0.454 e. The highest BCUT2D eigenvalue weighted by Gasteiger charge is 2.13. The van der Waals surface area contributed by atoms with Crippen molar-refractivity contribution in [1.82, 2.24) is 15.2 Å².